The van der Waals surface area contributed by atoms with E-state index in [0.717, 1.165) is 18.5 Å². The van der Waals surface area contributed by atoms with E-state index in [1.807, 2.05) is 11.3 Å². The molecule has 0 bridgehead atoms. The molecule has 2 aromatic rings. The van der Waals surface area contributed by atoms with Gasteiger partial charge in [-0.1, -0.05) is 43.2 Å². The van der Waals surface area contributed by atoms with Crippen LogP contribution in [0.1, 0.15) is 52.7 Å². The van der Waals surface area contributed by atoms with Gasteiger partial charge in [-0.15, -0.1) is 11.3 Å². The van der Waals surface area contributed by atoms with Gasteiger partial charge < -0.3 is 5.73 Å². The largest absolute Gasteiger partial charge is 0.324 e. The molecule has 0 radical (unpaired) electrons. The molecule has 1 aromatic carbocycles. The predicted molar refractivity (Wildman–Crippen MR) is 89.9 cm³/mol. The molecule has 0 aliphatic heterocycles. The van der Waals surface area contributed by atoms with Crippen LogP contribution in [-0.2, 0) is 6.42 Å². The lowest BCUT2D eigenvalue weighted by molar-refractivity contribution is 0.249. The van der Waals surface area contributed by atoms with Gasteiger partial charge in [-0.3, -0.25) is 0 Å². The minimum absolute atomic E-state index is 0.143. The molecule has 2 N–H and O–H groups in total. The van der Waals surface area contributed by atoms with E-state index in [1.165, 1.54) is 34.7 Å². The number of hydrogen-bond donors (Lipinski definition) is 1. The standard InChI is InChI=1S/C18H24N2S/c1-13-14(2)21-17(20-13)12-18(19)11-7-6-10-16(18)15-8-4-3-5-9-15/h3-5,8-9,16H,6-7,10-12,19H2,1-2H3. The molecule has 1 heterocycles. The number of benzene rings is 1. The van der Waals surface area contributed by atoms with Gasteiger partial charge in [0.2, 0.25) is 0 Å². The number of nitrogens with two attached hydrogens (primary N) is 1. The second-order valence-corrected chi connectivity index (χ2v) is 7.66. The van der Waals surface area contributed by atoms with E-state index in [-0.39, 0.29) is 5.54 Å². The average Bonchev–Trinajstić information content (AvgIpc) is 2.78. The number of nitrogens with zero attached hydrogens (tertiary/aromatic N) is 1. The Hall–Kier alpha value is -1.19. The molecule has 1 fully saturated rings. The molecule has 1 aliphatic carbocycles. The first-order valence-corrected chi connectivity index (χ1v) is 8.67. The molecule has 0 saturated heterocycles. The summed E-state index contributed by atoms with van der Waals surface area (Å²) in [4.78, 5) is 6.04. The highest BCUT2D eigenvalue weighted by Crippen LogP contribution is 2.41. The Morgan fingerprint density at radius 1 is 1.24 bits per heavy atom. The van der Waals surface area contributed by atoms with Crippen molar-refractivity contribution in [3.8, 4) is 0 Å². The highest BCUT2D eigenvalue weighted by atomic mass is 32.1. The summed E-state index contributed by atoms with van der Waals surface area (Å²) in [5.74, 6) is 0.456. The summed E-state index contributed by atoms with van der Waals surface area (Å²) in [5, 5.41) is 1.20. The maximum absolute atomic E-state index is 6.89. The third kappa shape index (κ3) is 3.04. The Morgan fingerprint density at radius 3 is 2.67 bits per heavy atom. The van der Waals surface area contributed by atoms with Crippen LogP contribution in [0.5, 0.6) is 0 Å². The van der Waals surface area contributed by atoms with E-state index in [4.69, 9.17) is 10.7 Å². The van der Waals surface area contributed by atoms with Crippen molar-refractivity contribution in [1.82, 2.24) is 4.98 Å². The Morgan fingerprint density at radius 2 is 2.00 bits per heavy atom. The van der Waals surface area contributed by atoms with Crippen LogP contribution in [0.25, 0.3) is 0 Å². The predicted octanol–water partition coefficient (Wildman–Crippen LogP) is 4.36. The molecule has 2 unspecified atom stereocenters. The SMILES string of the molecule is Cc1nc(CC2(N)CCCCC2c2ccccc2)sc1C. The second-order valence-electron chi connectivity index (χ2n) is 6.37. The van der Waals surface area contributed by atoms with Gasteiger partial charge in [0.1, 0.15) is 0 Å². The molecule has 2 atom stereocenters. The highest BCUT2D eigenvalue weighted by molar-refractivity contribution is 7.11. The fourth-order valence-electron chi connectivity index (χ4n) is 3.56. The lowest BCUT2D eigenvalue weighted by Crippen LogP contribution is -2.49. The maximum Gasteiger partial charge on any atom is 0.0949 e. The molecule has 1 aromatic heterocycles. The Kier molecular flexibility index (Phi) is 4.14. The topological polar surface area (TPSA) is 38.9 Å². The molecule has 1 saturated carbocycles. The Balaban J connectivity index is 1.88. The Bertz CT molecular complexity index is 585. The van der Waals surface area contributed by atoms with Crippen LogP contribution in [0, 0.1) is 13.8 Å². The molecule has 1 aliphatic rings. The first kappa shape index (κ1) is 14.7. The molecule has 3 heteroatoms. The van der Waals surface area contributed by atoms with Gasteiger partial charge in [0.05, 0.1) is 10.7 Å². The van der Waals surface area contributed by atoms with E-state index in [1.54, 1.807) is 0 Å². The number of rotatable bonds is 3. The summed E-state index contributed by atoms with van der Waals surface area (Å²) in [7, 11) is 0. The molecule has 21 heavy (non-hydrogen) atoms. The van der Waals surface area contributed by atoms with Gasteiger partial charge in [0.15, 0.2) is 0 Å². The van der Waals surface area contributed by atoms with Crippen LogP contribution >= 0.6 is 11.3 Å². The van der Waals surface area contributed by atoms with Gasteiger partial charge in [-0.05, 0) is 32.3 Å². The molecule has 0 amide bonds. The molecule has 0 spiro atoms. The molecule has 3 rings (SSSR count). The summed E-state index contributed by atoms with van der Waals surface area (Å²) >= 11 is 1.81. The number of aryl methyl sites for hydroxylation is 2. The van der Waals surface area contributed by atoms with Crippen molar-refractivity contribution >= 4 is 11.3 Å². The van der Waals surface area contributed by atoms with Crippen LogP contribution < -0.4 is 5.73 Å². The lowest BCUT2D eigenvalue weighted by Gasteiger charge is -2.41. The normalized spacial score (nSPS) is 26.0. The number of aromatic nitrogens is 1. The summed E-state index contributed by atoms with van der Waals surface area (Å²) in [5.41, 5.74) is 9.30. The van der Waals surface area contributed by atoms with E-state index >= 15 is 0 Å². The number of hydrogen-bond acceptors (Lipinski definition) is 3. The quantitative estimate of drug-likeness (QED) is 0.915. The van der Waals surface area contributed by atoms with Crippen molar-refractivity contribution < 1.29 is 0 Å². The Labute approximate surface area is 131 Å². The van der Waals surface area contributed by atoms with Crippen molar-refractivity contribution in [2.24, 2.45) is 5.73 Å². The molecule has 112 valence electrons. The fourth-order valence-corrected chi connectivity index (χ4v) is 4.63. The van der Waals surface area contributed by atoms with Gasteiger partial charge in [-0.25, -0.2) is 4.98 Å². The third-order valence-electron chi connectivity index (χ3n) is 4.83. The minimum Gasteiger partial charge on any atom is -0.324 e. The van der Waals surface area contributed by atoms with E-state index < -0.39 is 0 Å². The van der Waals surface area contributed by atoms with E-state index in [0.29, 0.717) is 5.92 Å². The minimum atomic E-state index is -0.143. The van der Waals surface area contributed by atoms with Gasteiger partial charge in [-0.2, -0.15) is 0 Å². The van der Waals surface area contributed by atoms with E-state index in [2.05, 4.69) is 44.2 Å². The van der Waals surface area contributed by atoms with Crippen molar-refractivity contribution in [1.29, 1.82) is 0 Å². The smallest absolute Gasteiger partial charge is 0.0949 e. The van der Waals surface area contributed by atoms with Crippen molar-refractivity contribution in [3.05, 3.63) is 51.5 Å². The summed E-state index contributed by atoms with van der Waals surface area (Å²) < 4.78 is 0. The van der Waals surface area contributed by atoms with Crippen LogP contribution in [0.2, 0.25) is 0 Å². The first-order valence-electron chi connectivity index (χ1n) is 7.85. The van der Waals surface area contributed by atoms with Gasteiger partial charge in [0, 0.05) is 22.8 Å². The maximum atomic E-state index is 6.89. The highest BCUT2D eigenvalue weighted by Gasteiger charge is 2.38. The van der Waals surface area contributed by atoms with Gasteiger partial charge in [0.25, 0.3) is 0 Å². The molecular formula is C18H24N2S. The van der Waals surface area contributed by atoms with Crippen LogP contribution in [-0.4, -0.2) is 10.5 Å². The van der Waals surface area contributed by atoms with Crippen LogP contribution in [0.3, 0.4) is 0 Å². The summed E-state index contributed by atoms with van der Waals surface area (Å²) in [6.45, 7) is 4.24. The number of thiazole rings is 1. The summed E-state index contributed by atoms with van der Waals surface area (Å²) in [6.07, 6.45) is 5.73. The summed E-state index contributed by atoms with van der Waals surface area (Å²) in [6, 6.07) is 10.8. The molecular weight excluding hydrogens is 276 g/mol. The first-order chi connectivity index (χ1) is 10.1. The van der Waals surface area contributed by atoms with Gasteiger partial charge >= 0.3 is 0 Å². The van der Waals surface area contributed by atoms with Crippen LogP contribution in [0.4, 0.5) is 0 Å². The zero-order chi connectivity index (χ0) is 14.9. The van der Waals surface area contributed by atoms with E-state index in [9.17, 15) is 0 Å². The zero-order valence-corrected chi connectivity index (χ0v) is 13.7. The third-order valence-corrected chi connectivity index (χ3v) is 5.91. The lowest BCUT2D eigenvalue weighted by atomic mass is 9.68. The monoisotopic (exact) mass is 300 g/mol. The second kappa shape index (κ2) is 5.90. The van der Waals surface area contributed by atoms with Crippen LogP contribution in [0.15, 0.2) is 30.3 Å². The van der Waals surface area contributed by atoms with Crippen molar-refractivity contribution in [3.63, 3.8) is 0 Å². The van der Waals surface area contributed by atoms with Crippen molar-refractivity contribution in [2.75, 3.05) is 0 Å². The molecule has 2 nitrogen and oxygen atoms in total. The van der Waals surface area contributed by atoms with Crippen molar-refractivity contribution in [2.45, 2.75) is 57.4 Å². The average molecular weight is 300 g/mol. The fraction of sp³-hybridized carbons (Fsp3) is 0.500. The zero-order valence-electron chi connectivity index (χ0n) is 12.9.